The summed E-state index contributed by atoms with van der Waals surface area (Å²) in [6, 6.07) is 17.2. The Morgan fingerprint density at radius 2 is 1.75 bits per heavy atom. The molecule has 0 N–H and O–H groups in total. The van der Waals surface area contributed by atoms with Crippen LogP contribution in [0.3, 0.4) is 0 Å². The molecule has 0 bridgehead atoms. The molecule has 0 unspecified atom stereocenters. The van der Waals surface area contributed by atoms with E-state index in [4.69, 9.17) is 0 Å². The van der Waals surface area contributed by atoms with Crippen molar-refractivity contribution in [3.05, 3.63) is 70.5 Å². The van der Waals surface area contributed by atoms with Crippen LogP contribution in [0.15, 0.2) is 59.4 Å². The molecular weight excluding hydrogens is 352 g/mol. The average molecular weight is 376 g/mol. The molecule has 1 aliphatic rings. The highest BCUT2D eigenvalue weighted by Gasteiger charge is 2.29. The molecule has 3 aromatic rings. The third-order valence-corrected chi connectivity index (χ3v) is 5.62. The van der Waals surface area contributed by atoms with E-state index in [1.165, 1.54) is 4.68 Å². The first-order chi connectivity index (χ1) is 13.7. The highest BCUT2D eigenvalue weighted by Crippen LogP contribution is 2.26. The molecule has 4 rings (SSSR count). The highest BCUT2D eigenvalue weighted by molar-refractivity contribution is 5.83. The van der Waals surface area contributed by atoms with E-state index in [0.717, 1.165) is 12.0 Å². The number of hydrogen-bond acceptors (Lipinski definition) is 4. The number of carbonyl (C=O) groups excluding carboxylic acids is 1. The molecule has 0 saturated carbocycles. The summed E-state index contributed by atoms with van der Waals surface area (Å²) in [6.45, 7) is 3.31. The lowest BCUT2D eigenvalue weighted by molar-refractivity contribution is -0.134. The number of nitrogens with zero attached hydrogens (tertiary/aromatic N) is 4. The van der Waals surface area contributed by atoms with Crippen molar-refractivity contribution in [2.75, 3.05) is 13.1 Å². The summed E-state index contributed by atoms with van der Waals surface area (Å²) in [5, 5.41) is 8.92. The van der Waals surface area contributed by atoms with Gasteiger partial charge in [-0.3, -0.25) is 9.59 Å². The number of fused-ring (bicyclic) bond motifs is 1. The second-order valence-electron chi connectivity index (χ2n) is 7.28. The fourth-order valence-corrected chi connectivity index (χ4v) is 4.03. The van der Waals surface area contributed by atoms with Gasteiger partial charge in [0.05, 0.1) is 17.3 Å². The largest absolute Gasteiger partial charge is 0.342 e. The first-order valence-corrected chi connectivity index (χ1v) is 9.87. The molecule has 6 nitrogen and oxygen atoms in total. The van der Waals surface area contributed by atoms with Crippen LogP contribution in [0.5, 0.6) is 0 Å². The number of carbonyl (C=O) groups is 1. The van der Waals surface area contributed by atoms with Crippen molar-refractivity contribution in [1.82, 2.24) is 19.9 Å². The molecule has 2 aromatic carbocycles. The van der Waals surface area contributed by atoms with Crippen LogP contribution in [0.4, 0.5) is 0 Å². The summed E-state index contributed by atoms with van der Waals surface area (Å²) in [7, 11) is 0. The lowest BCUT2D eigenvalue weighted by atomic mass is 9.93. The predicted octanol–water partition coefficient (Wildman–Crippen LogP) is 3.15. The zero-order valence-electron chi connectivity index (χ0n) is 16.0. The van der Waals surface area contributed by atoms with Gasteiger partial charge in [-0.15, -0.1) is 5.10 Å². The minimum atomic E-state index is -0.110. The highest BCUT2D eigenvalue weighted by atomic mass is 16.2. The topological polar surface area (TPSA) is 68.1 Å². The molecular formula is C22H24N4O2. The molecule has 1 amide bonds. The number of rotatable bonds is 4. The fraction of sp³-hybridized carbons (Fsp3) is 0.364. The van der Waals surface area contributed by atoms with Gasteiger partial charge in [-0.25, -0.2) is 4.68 Å². The van der Waals surface area contributed by atoms with E-state index in [0.29, 0.717) is 36.8 Å². The zero-order chi connectivity index (χ0) is 19.5. The summed E-state index contributed by atoms with van der Waals surface area (Å²) in [6.07, 6.45) is 2.20. The lowest BCUT2D eigenvalue weighted by Crippen LogP contribution is -2.43. The number of hydrogen-bond donors (Lipinski definition) is 0. The molecule has 28 heavy (non-hydrogen) atoms. The van der Waals surface area contributed by atoms with Crippen LogP contribution in [0.25, 0.3) is 10.9 Å². The molecule has 1 atom stereocenters. The Hall–Kier alpha value is -3.02. The van der Waals surface area contributed by atoms with Crippen molar-refractivity contribution in [3.63, 3.8) is 0 Å². The van der Waals surface area contributed by atoms with E-state index >= 15 is 0 Å². The van der Waals surface area contributed by atoms with Gasteiger partial charge in [0.25, 0.3) is 5.56 Å². The number of benzene rings is 2. The Bertz CT molecular complexity index is 1020. The predicted molar refractivity (Wildman–Crippen MR) is 108 cm³/mol. The lowest BCUT2D eigenvalue weighted by Gasteiger charge is -2.34. The van der Waals surface area contributed by atoms with Gasteiger partial charge >= 0.3 is 0 Å². The quantitative estimate of drug-likeness (QED) is 0.701. The van der Waals surface area contributed by atoms with E-state index in [1.54, 1.807) is 12.1 Å². The fourth-order valence-electron chi connectivity index (χ4n) is 4.03. The SMILES string of the molecule is CC[C@@H](C(=O)N1CCC(n2nnc3ccccc3c2=O)CC1)c1ccccc1. The Balaban J connectivity index is 1.48. The van der Waals surface area contributed by atoms with Gasteiger partial charge in [-0.05, 0) is 37.0 Å². The second kappa shape index (κ2) is 7.92. The van der Waals surface area contributed by atoms with E-state index in [9.17, 15) is 9.59 Å². The van der Waals surface area contributed by atoms with Crippen molar-refractivity contribution in [1.29, 1.82) is 0 Å². The van der Waals surface area contributed by atoms with Crippen LogP contribution in [0.2, 0.25) is 0 Å². The van der Waals surface area contributed by atoms with Crippen LogP contribution in [0.1, 0.15) is 43.7 Å². The minimum Gasteiger partial charge on any atom is -0.342 e. The third kappa shape index (κ3) is 3.42. The molecule has 2 heterocycles. The van der Waals surface area contributed by atoms with Gasteiger partial charge in [-0.2, -0.15) is 0 Å². The van der Waals surface area contributed by atoms with Crippen LogP contribution in [0, 0.1) is 0 Å². The summed E-state index contributed by atoms with van der Waals surface area (Å²) in [4.78, 5) is 27.7. The van der Waals surface area contributed by atoms with Gasteiger partial charge in [0.2, 0.25) is 5.91 Å². The van der Waals surface area contributed by atoms with Crippen LogP contribution in [-0.2, 0) is 4.79 Å². The second-order valence-corrected chi connectivity index (χ2v) is 7.28. The molecule has 1 aromatic heterocycles. The smallest absolute Gasteiger partial charge is 0.277 e. The first kappa shape index (κ1) is 18.3. The van der Waals surface area contributed by atoms with Gasteiger partial charge in [-0.1, -0.05) is 54.6 Å². The van der Waals surface area contributed by atoms with Crippen LogP contribution >= 0.6 is 0 Å². The number of amides is 1. The Morgan fingerprint density at radius 3 is 2.46 bits per heavy atom. The average Bonchev–Trinajstić information content (AvgIpc) is 2.76. The maximum atomic E-state index is 13.0. The summed E-state index contributed by atoms with van der Waals surface area (Å²) >= 11 is 0. The van der Waals surface area contributed by atoms with Gasteiger partial charge in [0, 0.05) is 13.1 Å². The van der Waals surface area contributed by atoms with Gasteiger partial charge < -0.3 is 4.90 Å². The Kier molecular flexibility index (Phi) is 5.19. The van der Waals surface area contributed by atoms with Crippen molar-refractivity contribution in [2.45, 2.75) is 38.1 Å². The molecule has 0 spiro atoms. The monoisotopic (exact) mass is 376 g/mol. The molecule has 1 aliphatic heterocycles. The molecule has 0 aliphatic carbocycles. The Morgan fingerprint density at radius 1 is 1.07 bits per heavy atom. The maximum Gasteiger partial charge on any atom is 0.277 e. The van der Waals surface area contributed by atoms with Crippen molar-refractivity contribution >= 4 is 16.8 Å². The summed E-state index contributed by atoms with van der Waals surface area (Å²) < 4.78 is 1.50. The molecule has 0 radical (unpaired) electrons. The van der Waals surface area contributed by atoms with E-state index in [2.05, 4.69) is 10.3 Å². The third-order valence-electron chi connectivity index (χ3n) is 5.62. The maximum absolute atomic E-state index is 13.0. The van der Waals surface area contributed by atoms with Crippen molar-refractivity contribution < 1.29 is 4.79 Å². The molecule has 1 saturated heterocycles. The van der Waals surface area contributed by atoms with Crippen LogP contribution in [-0.4, -0.2) is 38.9 Å². The van der Waals surface area contributed by atoms with E-state index in [-0.39, 0.29) is 23.4 Å². The summed E-state index contributed by atoms with van der Waals surface area (Å²) in [5.74, 6) is 0.0602. The normalized spacial score (nSPS) is 16.2. The Labute approximate surface area is 163 Å². The molecule has 144 valence electrons. The first-order valence-electron chi connectivity index (χ1n) is 9.87. The van der Waals surface area contributed by atoms with Gasteiger partial charge in [0.1, 0.15) is 5.52 Å². The molecule has 1 fully saturated rings. The van der Waals surface area contributed by atoms with Crippen LogP contribution < -0.4 is 5.56 Å². The number of piperidine rings is 1. The standard InChI is InChI=1S/C22H24N4O2/c1-2-18(16-8-4-3-5-9-16)21(27)25-14-12-17(13-15-25)26-22(28)19-10-6-7-11-20(19)23-24-26/h3-11,17-18H,2,12-15H2,1H3/t18-/m1/s1. The number of aromatic nitrogens is 3. The van der Waals surface area contributed by atoms with Gasteiger partial charge in [0.15, 0.2) is 0 Å². The molecule has 6 heteroatoms. The van der Waals surface area contributed by atoms with E-state index in [1.807, 2.05) is 54.3 Å². The number of likely N-dealkylation sites (tertiary alicyclic amines) is 1. The zero-order valence-corrected chi connectivity index (χ0v) is 16.0. The van der Waals surface area contributed by atoms with Crippen molar-refractivity contribution in [2.24, 2.45) is 0 Å². The summed E-state index contributed by atoms with van der Waals surface area (Å²) in [5.41, 5.74) is 1.57. The minimum absolute atomic E-state index is 0.0227. The van der Waals surface area contributed by atoms with E-state index < -0.39 is 0 Å². The van der Waals surface area contributed by atoms with Crippen molar-refractivity contribution in [3.8, 4) is 0 Å².